The van der Waals surface area contributed by atoms with Crippen LogP contribution in [0.25, 0.3) is 0 Å². The second-order valence-corrected chi connectivity index (χ2v) is 10.8. The Hall–Kier alpha value is 0. The van der Waals surface area contributed by atoms with Gasteiger partial charge < -0.3 is 0 Å². The SMILES string of the molecule is CC[C@@H](C)CC1CCC(CC(CC2CCCCC2)C2CCCCC2)CC1. The molecular formula is C26H48. The highest BCUT2D eigenvalue weighted by Crippen LogP contribution is 2.43. The Morgan fingerprint density at radius 3 is 1.58 bits per heavy atom. The molecule has 0 aliphatic heterocycles. The number of hydrogen-bond donors (Lipinski definition) is 0. The van der Waals surface area contributed by atoms with Crippen LogP contribution >= 0.6 is 0 Å². The molecule has 0 saturated heterocycles. The van der Waals surface area contributed by atoms with Gasteiger partial charge in [-0.1, -0.05) is 110 Å². The molecule has 0 N–H and O–H groups in total. The molecule has 152 valence electrons. The van der Waals surface area contributed by atoms with E-state index in [0.29, 0.717) is 0 Å². The zero-order valence-corrected chi connectivity index (χ0v) is 18.2. The topological polar surface area (TPSA) is 0 Å². The van der Waals surface area contributed by atoms with Gasteiger partial charge in [0.05, 0.1) is 0 Å². The normalized spacial score (nSPS) is 31.6. The Morgan fingerprint density at radius 2 is 1.04 bits per heavy atom. The minimum Gasteiger partial charge on any atom is -0.0651 e. The van der Waals surface area contributed by atoms with Gasteiger partial charge in [-0.2, -0.15) is 0 Å². The molecule has 26 heavy (non-hydrogen) atoms. The van der Waals surface area contributed by atoms with Gasteiger partial charge in [-0.15, -0.1) is 0 Å². The third kappa shape index (κ3) is 6.56. The van der Waals surface area contributed by atoms with Crippen molar-refractivity contribution in [3.8, 4) is 0 Å². The quantitative estimate of drug-likeness (QED) is 0.405. The zero-order chi connectivity index (χ0) is 18.2. The molecule has 0 amide bonds. The summed E-state index contributed by atoms with van der Waals surface area (Å²) in [6, 6.07) is 0. The molecule has 0 spiro atoms. The first-order valence-electron chi connectivity index (χ1n) is 12.7. The molecule has 0 nitrogen and oxygen atoms in total. The summed E-state index contributed by atoms with van der Waals surface area (Å²) in [5.74, 6) is 6.39. The smallest absolute Gasteiger partial charge is 0.0381 e. The first-order valence-corrected chi connectivity index (χ1v) is 12.7. The third-order valence-electron chi connectivity index (χ3n) is 8.71. The van der Waals surface area contributed by atoms with Crippen LogP contribution in [0.2, 0.25) is 0 Å². The average molecular weight is 361 g/mol. The second kappa shape index (κ2) is 11.1. The van der Waals surface area contributed by atoms with E-state index >= 15 is 0 Å². The van der Waals surface area contributed by atoms with Crippen molar-refractivity contribution in [2.45, 2.75) is 129 Å². The minimum absolute atomic E-state index is 0.956. The van der Waals surface area contributed by atoms with Crippen molar-refractivity contribution in [3.05, 3.63) is 0 Å². The van der Waals surface area contributed by atoms with Crippen molar-refractivity contribution in [1.29, 1.82) is 0 Å². The Balaban J connectivity index is 1.48. The van der Waals surface area contributed by atoms with E-state index in [9.17, 15) is 0 Å². The summed E-state index contributed by atoms with van der Waals surface area (Å²) in [6.07, 6.45) is 27.8. The highest BCUT2D eigenvalue weighted by molar-refractivity contribution is 4.82. The molecule has 0 heterocycles. The van der Waals surface area contributed by atoms with Crippen LogP contribution in [0, 0.1) is 35.5 Å². The number of rotatable bonds is 8. The van der Waals surface area contributed by atoms with Gasteiger partial charge in [0, 0.05) is 0 Å². The van der Waals surface area contributed by atoms with Gasteiger partial charge >= 0.3 is 0 Å². The molecule has 0 heteroatoms. The van der Waals surface area contributed by atoms with E-state index in [-0.39, 0.29) is 0 Å². The maximum absolute atomic E-state index is 2.47. The Labute approximate surface area is 165 Å². The lowest BCUT2D eigenvalue weighted by Crippen LogP contribution is -2.26. The summed E-state index contributed by atoms with van der Waals surface area (Å²) < 4.78 is 0. The molecule has 0 radical (unpaired) electrons. The number of hydrogen-bond acceptors (Lipinski definition) is 0. The highest BCUT2D eigenvalue weighted by atomic mass is 14.4. The van der Waals surface area contributed by atoms with E-state index < -0.39 is 0 Å². The first-order chi connectivity index (χ1) is 12.7. The van der Waals surface area contributed by atoms with Gasteiger partial charge in [-0.05, 0) is 54.8 Å². The van der Waals surface area contributed by atoms with Crippen molar-refractivity contribution in [2.75, 3.05) is 0 Å². The Bertz CT molecular complexity index is 352. The molecule has 0 aromatic heterocycles. The van der Waals surface area contributed by atoms with Crippen LogP contribution in [0.5, 0.6) is 0 Å². The van der Waals surface area contributed by atoms with Crippen molar-refractivity contribution in [2.24, 2.45) is 35.5 Å². The van der Waals surface area contributed by atoms with Crippen LogP contribution in [-0.2, 0) is 0 Å². The van der Waals surface area contributed by atoms with Crippen LogP contribution in [0.1, 0.15) is 129 Å². The summed E-state index contributed by atoms with van der Waals surface area (Å²) in [5.41, 5.74) is 0. The molecule has 3 aliphatic carbocycles. The van der Waals surface area contributed by atoms with Gasteiger partial charge in [-0.3, -0.25) is 0 Å². The van der Waals surface area contributed by atoms with E-state index in [1.807, 2.05) is 0 Å². The molecule has 3 saturated carbocycles. The van der Waals surface area contributed by atoms with Gasteiger partial charge in [0.15, 0.2) is 0 Å². The molecule has 3 fully saturated rings. The predicted octanol–water partition coefficient (Wildman–Crippen LogP) is 8.79. The van der Waals surface area contributed by atoms with Gasteiger partial charge in [0.2, 0.25) is 0 Å². The third-order valence-corrected chi connectivity index (χ3v) is 8.71. The van der Waals surface area contributed by atoms with Crippen LogP contribution < -0.4 is 0 Å². The minimum atomic E-state index is 0.956. The van der Waals surface area contributed by atoms with Crippen molar-refractivity contribution in [1.82, 2.24) is 0 Å². The average Bonchev–Trinajstić information content (AvgIpc) is 2.70. The highest BCUT2D eigenvalue weighted by Gasteiger charge is 2.31. The Morgan fingerprint density at radius 1 is 0.577 bits per heavy atom. The molecular weight excluding hydrogens is 312 g/mol. The fourth-order valence-electron chi connectivity index (χ4n) is 6.80. The predicted molar refractivity (Wildman–Crippen MR) is 115 cm³/mol. The standard InChI is InChI=1S/C26H48/c1-3-21(2)18-23-14-16-24(17-15-23)20-26(25-12-8-5-9-13-25)19-22-10-6-4-7-11-22/h21-26H,3-20H2,1-2H3/t21-,23?,24?,26?/m1/s1. The van der Waals surface area contributed by atoms with Crippen LogP contribution in [0.3, 0.4) is 0 Å². The summed E-state index contributed by atoms with van der Waals surface area (Å²) in [7, 11) is 0. The monoisotopic (exact) mass is 360 g/mol. The maximum atomic E-state index is 2.47. The van der Waals surface area contributed by atoms with Crippen LogP contribution in [0.15, 0.2) is 0 Å². The van der Waals surface area contributed by atoms with Crippen LogP contribution in [0.4, 0.5) is 0 Å². The Kier molecular flexibility index (Phi) is 8.86. The molecule has 3 aliphatic rings. The second-order valence-electron chi connectivity index (χ2n) is 10.8. The zero-order valence-electron chi connectivity index (χ0n) is 18.2. The molecule has 0 aromatic rings. The molecule has 1 unspecified atom stereocenters. The largest absolute Gasteiger partial charge is 0.0651 e. The molecule has 0 bridgehead atoms. The fourth-order valence-corrected chi connectivity index (χ4v) is 6.80. The van der Waals surface area contributed by atoms with Gasteiger partial charge in [-0.25, -0.2) is 0 Å². The lowest BCUT2D eigenvalue weighted by atomic mass is 9.68. The molecule has 0 aromatic carbocycles. The lowest BCUT2D eigenvalue weighted by molar-refractivity contribution is 0.136. The van der Waals surface area contributed by atoms with E-state index in [4.69, 9.17) is 0 Å². The lowest BCUT2D eigenvalue weighted by Gasteiger charge is -2.38. The maximum Gasteiger partial charge on any atom is -0.0381 e. The summed E-state index contributed by atoms with van der Waals surface area (Å²) in [5, 5.41) is 0. The van der Waals surface area contributed by atoms with E-state index in [1.54, 1.807) is 64.2 Å². The first kappa shape index (κ1) is 20.7. The van der Waals surface area contributed by atoms with E-state index in [0.717, 1.165) is 35.5 Å². The van der Waals surface area contributed by atoms with Crippen LogP contribution in [-0.4, -0.2) is 0 Å². The molecule has 3 rings (SSSR count). The summed E-state index contributed by atoms with van der Waals surface area (Å²) in [6.45, 7) is 4.84. The van der Waals surface area contributed by atoms with Gasteiger partial charge in [0.25, 0.3) is 0 Å². The van der Waals surface area contributed by atoms with Crippen molar-refractivity contribution >= 4 is 0 Å². The van der Waals surface area contributed by atoms with Crippen molar-refractivity contribution in [3.63, 3.8) is 0 Å². The van der Waals surface area contributed by atoms with E-state index in [2.05, 4.69) is 13.8 Å². The molecule has 2 atom stereocenters. The summed E-state index contributed by atoms with van der Waals surface area (Å²) in [4.78, 5) is 0. The van der Waals surface area contributed by atoms with Crippen molar-refractivity contribution < 1.29 is 0 Å². The fraction of sp³-hybridized carbons (Fsp3) is 1.00. The van der Waals surface area contributed by atoms with Gasteiger partial charge in [0.1, 0.15) is 0 Å². The van der Waals surface area contributed by atoms with E-state index in [1.165, 1.54) is 51.4 Å². The summed E-state index contributed by atoms with van der Waals surface area (Å²) >= 11 is 0.